The highest BCUT2D eigenvalue weighted by Gasteiger charge is 2.27. The molecule has 0 spiro atoms. The van der Waals surface area contributed by atoms with Crippen LogP contribution in [-0.2, 0) is 16.0 Å². The van der Waals surface area contributed by atoms with Crippen molar-refractivity contribution in [2.45, 2.75) is 19.0 Å². The van der Waals surface area contributed by atoms with Crippen LogP contribution in [0.1, 0.15) is 12.3 Å². The molecule has 0 aliphatic heterocycles. The summed E-state index contributed by atoms with van der Waals surface area (Å²) in [4.78, 5) is 15.6. The Morgan fingerprint density at radius 2 is 2.22 bits per heavy atom. The fourth-order valence-corrected chi connectivity index (χ4v) is 1.62. The monoisotopic (exact) mass is 333 g/mol. The Kier molecular flexibility index (Phi) is 5.74. The molecule has 1 amide bonds. The van der Waals surface area contributed by atoms with Gasteiger partial charge in [-0.1, -0.05) is 5.16 Å². The molecule has 0 aliphatic rings. The Morgan fingerprint density at radius 3 is 2.91 bits per heavy atom. The molecule has 2 aromatic heterocycles. The van der Waals surface area contributed by atoms with E-state index in [-0.39, 0.29) is 43.6 Å². The molecule has 0 radical (unpaired) electrons. The first-order valence-electron chi connectivity index (χ1n) is 6.72. The zero-order valence-corrected chi connectivity index (χ0v) is 11.9. The maximum atomic E-state index is 11.8. The van der Waals surface area contributed by atoms with Gasteiger partial charge in [-0.3, -0.25) is 4.79 Å². The van der Waals surface area contributed by atoms with Crippen LogP contribution in [0.5, 0.6) is 0 Å². The fourth-order valence-electron chi connectivity index (χ4n) is 1.62. The number of carbonyl (C=O) groups excluding carboxylic acids is 1. The Bertz CT molecular complexity index is 610. The number of aromatic nitrogens is 2. The van der Waals surface area contributed by atoms with Gasteiger partial charge >= 0.3 is 6.18 Å². The van der Waals surface area contributed by atoms with Gasteiger partial charge in [-0.2, -0.15) is 18.2 Å². The van der Waals surface area contributed by atoms with Gasteiger partial charge in [-0.25, -0.2) is 0 Å². The second kappa shape index (κ2) is 7.77. The molecule has 0 unspecified atom stereocenters. The Balaban J connectivity index is 1.63. The van der Waals surface area contributed by atoms with E-state index in [1.807, 2.05) is 0 Å². The van der Waals surface area contributed by atoms with E-state index in [9.17, 15) is 18.0 Å². The Morgan fingerprint density at radius 1 is 1.39 bits per heavy atom. The molecule has 0 atom stereocenters. The summed E-state index contributed by atoms with van der Waals surface area (Å²) in [5.41, 5.74) is 0. The highest BCUT2D eigenvalue weighted by Crippen LogP contribution is 2.16. The van der Waals surface area contributed by atoms with Crippen molar-refractivity contribution in [1.29, 1.82) is 0 Å². The van der Waals surface area contributed by atoms with Crippen LogP contribution in [-0.4, -0.2) is 42.0 Å². The van der Waals surface area contributed by atoms with E-state index >= 15 is 0 Å². The summed E-state index contributed by atoms with van der Waals surface area (Å²) in [6.07, 6.45) is -2.62. The van der Waals surface area contributed by atoms with Crippen molar-refractivity contribution in [3.05, 3.63) is 24.3 Å². The van der Waals surface area contributed by atoms with Crippen molar-refractivity contribution in [2.24, 2.45) is 0 Å². The number of amides is 1. The number of alkyl halides is 3. The number of hydrogen-bond donors (Lipinski definition) is 1. The molecule has 0 saturated heterocycles. The molecule has 10 heteroatoms. The number of rotatable bonds is 8. The maximum absolute atomic E-state index is 11.8. The van der Waals surface area contributed by atoms with Gasteiger partial charge in [-0.05, 0) is 12.1 Å². The number of halogens is 3. The van der Waals surface area contributed by atoms with Crippen LogP contribution in [0.4, 0.5) is 13.2 Å². The first kappa shape index (κ1) is 17.0. The molecular formula is C13H14F3N3O4. The average molecular weight is 333 g/mol. The number of carbonyl (C=O) groups is 1. The van der Waals surface area contributed by atoms with E-state index in [2.05, 4.69) is 20.2 Å². The topological polar surface area (TPSA) is 90.4 Å². The third kappa shape index (κ3) is 6.10. The minimum atomic E-state index is -4.37. The lowest BCUT2D eigenvalue weighted by atomic mass is 10.3. The standard InChI is InChI=1S/C13H14F3N3O4/c14-13(15,16)8-21-7-5-17-10(20)3-4-11-18-12(19-23-11)9-2-1-6-22-9/h1-2,6H,3-5,7-8H2,(H,17,20). The lowest BCUT2D eigenvalue weighted by Crippen LogP contribution is -2.29. The molecule has 0 aromatic carbocycles. The number of aryl methyl sites for hydroxylation is 1. The van der Waals surface area contributed by atoms with Crippen molar-refractivity contribution < 1.29 is 31.6 Å². The van der Waals surface area contributed by atoms with E-state index in [4.69, 9.17) is 8.94 Å². The highest BCUT2D eigenvalue weighted by atomic mass is 19.4. The summed E-state index contributed by atoms with van der Waals surface area (Å²) in [5, 5.41) is 6.14. The van der Waals surface area contributed by atoms with Crippen molar-refractivity contribution in [2.75, 3.05) is 19.8 Å². The van der Waals surface area contributed by atoms with Crippen LogP contribution in [0.2, 0.25) is 0 Å². The molecule has 0 aliphatic carbocycles. The zero-order chi connectivity index (χ0) is 16.7. The number of ether oxygens (including phenoxy) is 1. The van der Waals surface area contributed by atoms with Crippen LogP contribution in [0, 0.1) is 0 Å². The molecule has 0 saturated carbocycles. The van der Waals surface area contributed by atoms with Crippen LogP contribution in [0.25, 0.3) is 11.6 Å². The lowest BCUT2D eigenvalue weighted by molar-refractivity contribution is -0.173. The molecule has 0 fully saturated rings. The molecule has 7 nitrogen and oxygen atoms in total. The number of nitrogens with zero attached hydrogens (tertiary/aromatic N) is 2. The van der Waals surface area contributed by atoms with E-state index in [1.165, 1.54) is 6.26 Å². The van der Waals surface area contributed by atoms with Crippen LogP contribution in [0.3, 0.4) is 0 Å². The summed E-state index contributed by atoms with van der Waals surface area (Å²) in [6, 6.07) is 3.35. The first-order valence-corrected chi connectivity index (χ1v) is 6.72. The third-order valence-corrected chi connectivity index (χ3v) is 2.61. The van der Waals surface area contributed by atoms with Crippen molar-refractivity contribution in [1.82, 2.24) is 15.5 Å². The largest absolute Gasteiger partial charge is 0.461 e. The van der Waals surface area contributed by atoms with Crippen LogP contribution < -0.4 is 5.32 Å². The quantitative estimate of drug-likeness (QED) is 0.743. The van der Waals surface area contributed by atoms with Gasteiger partial charge in [0.25, 0.3) is 0 Å². The van der Waals surface area contributed by atoms with E-state index in [0.717, 1.165) is 0 Å². The molecule has 23 heavy (non-hydrogen) atoms. The second-order valence-corrected chi connectivity index (χ2v) is 4.51. The Labute approximate surface area is 128 Å². The summed E-state index contributed by atoms with van der Waals surface area (Å²) in [6.45, 7) is -1.55. The normalized spacial score (nSPS) is 11.6. The average Bonchev–Trinajstić information content (AvgIpc) is 3.14. The second-order valence-electron chi connectivity index (χ2n) is 4.51. The molecule has 126 valence electrons. The van der Waals surface area contributed by atoms with Gasteiger partial charge in [0, 0.05) is 19.4 Å². The summed E-state index contributed by atoms with van der Waals surface area (Å²) >= 11 is 0. The highest BCUT2D eigenvalue weighted by molar-refractivity contribution is 5.75. The molecule has 0 bridgehead atoms. The van der Waals surface area contributed by atoms with E-state index in [0.29, 0.717) is 5.76 Å². The van der Waals surface area contributed by atoms with Crippen molar-refractivity contribution >= 4 is 5.91 Å². The predicted octanol–water partition coefficient (Wildman–Crippen LogP) is 1.96. The summed E-state index contributed by atoms with van der Waals surface area (Å²) in [7, 11) is 0. The van der Waals surface area contributed by atoms with Crippen LogP contribution >= 0.6 is 0 Å². The van der Waals surface area contributed by atoms with E-state index in [1.54, 1.807) is 12.1 Å². The number of furan rings is 1. The molecule has 2 aromatic rings. The zero-order valence-electron chi connectivity index (χ0n) is 11.9. The van der Waals surface area contributed by atoms with Gasteiger partial charge in [-0.15, -0.1) is 0 Å². The maximum Gasteiger partial charge on any atom is 0.411 e. The molecule has 2 rings (SSSR count). The van der Waals surface area contributed by atoms with Gasteiger partial charge in [0.05, 0.1) is 12.9 Å². The lowest BCUT2D eigenvalue weighted by Gasteiger charge is -2.08. The first-order chi connectivity index (χ1) is 10.9. The SMILES string of the molecule is O=C(CCc1nc(-c2ccco2)no1)NCCOCC(F)(F)F. The third-order valence-electron chi connectivity index (χ3n) is 2.61. The van der Waals surface area contributed by atoms with Gasteiger partial charge < -0.3 is 19.0 Å². The minimum Gasteiger partial charge on any atom is -0.461 e. The number of hydrogen-bond acceptors (Lipinski definition) is 6. The summed E-state index contributed by atoms with van der Waals surface area (Å²) in [5.74, 6) is 0.649. The van der Waals surface area contributed by atoms with E-state index < -0.39 is 12.8 Å². The van der Waals surface area contributed by atoms with Crippen LogP contribution in [0.15, 0.2) is 27.3 Å². The molecule has 2 heterocycles. The van der Waals surface area contributed by atoms with Crippen molar-refractivity contribution in [3.63, 3.8) is 0 Å². The van der Waals surface area contributed by atoms with Gasteiger partial charge in [0.1, 0.15) is 6.61 Å². The van der Waals surface area contributed by atoms with Gasteiger partial charge in [0.15, 0.2) is 5.76 Å². The smallest absolute Gasteiger partial charge is 0.411 e. The van der Waals surface area contributed by atoms with Crippen molar-refractivity contribution in [3.8, 4) is 11.6 Å². The summed E-state index contributed by atoms with van der Waals surface area (Å²) < 4.78 is 49.9. The van der Waals surface area contributed by atoms with Gasteiger partial charge in [0.2, 0.25) is 17.6 Å². The molecular weight excluding hydrogens is 319 g/mol. The Hall–Kier alpha value is -2.36. The minimum absolute atomic E-state index is 0.00358. The fraction of sp³-hybridized carbons (Fsp3) is 0.462. The number of nitrogens with one attached hydrogen (secondary N) is 1. The predicted molar refractivity (Wildman–Crippen MR) is 70.2 cm³/mol. The molecule has 1 N–H and O–H groups in total.